The molecule has 1 N–H and O–H groups in total. The summed E-state index contributed by atoms with van der Waals surface area (Å²) in [5.74, 6) is -0.930. The van der Waals surface area contributed by atoms with Crippen LogP contribution in [0.4, 0.5) is 0 Å². The minimum Gasteiger partial charge on any atom is -0.478 e. The van der Waals surface area contributed by atoms with Gasteiger partial charge in [0, 0.05) is 4.47 Å². The van der Waals surface area contributed by atoms with Crippen LogP contribution < -0.4 is 0 Å². The molecular weight excluding hydrogens is 276 g/mol. The van der Waals surface area contributed by atoms with E-state index in [0.717, 1.165) is 10.0 Å². The van der Waals surface area contributed by atoms with Gasteiger partial charge in [0.1, 0.15) is 6.10 Å². The second-order valence-corrected chi connectivity index (χ2v) is 4.44. The molecule has 0 saturated carbocycles. The zero-order valence-corrected chi connectivity index (χ0v) is 10.1. The highest BCUT2D eigenvalue weighted by molar-refractivity contribution is 9.10. The van der Waals surface area contributed by atoms with Crippen LogP contribution in [0.5, 0.6) is 0 Å². The molecule has 4 nitrogen and oxygen atoms in total. The Kier molecular flexibility index (Phi) is 3.58. The van der Waals surface area contributed by atoms with Gasteiger partial charge in [-0.25, -0.2) is 4.79 Å². The lowest BCUT2D eigenvalue weighted by Crippen LogP contribution is -2.35. The molecule has 1 aliphatic heterocycles. The lowest BCUT2D eigenvalue weighted by Gasteiger charge is -2.26. The molecule has 0 aliphatic carbocycles. The minimum absolute atomic E-state index is 0.172. The number of carbonyl (C=O) groups is 1. The van der Waals surface area contributed by atoms with Gasteiger partial charge in [-0.05, 0) is 17.7 Å². The molecule has 1 aromatic carbocycles. The number of halogens is 1. The topological polar surface area (TPSA) is 55.8 Å². The Morgan fingerprint density at radius 1 is 1.56 bits per heavy atom. The summed E-state index contributed by atoms with van der Waals surface area (Å²) in [6.45, 7) is 1.75. The number of ether oxygens (including phenoxy) is 2. The van der Waals surface area contributed by atoms with E-state index in [0.29, 0.717) is 19.8 Å². The van der Waals surface area contributed by atoms with E-state index < -0.39 is 5.97 Å². The lowest BCUT2D eigenvalue weighted by molar-refractivity contribution is -0.135. The summed E-state index contributed by atoms with van der Waals surface area (Å²) in [4.78, 5) is 10.7. The van der Waals surface area contributed by atoms with Crippen molar-refractivity contribution in [2.75, 3.05) is 13.2 Å². The number of carboxylic acid groups (broad SMARTS) is 1. The van der Waals surface area contributed by atoms with Gasteiger partial charge in [-0.3, -0.25) is 0 Å². The Morgan fingerprint density at radius 2 is 2.31 bits per heavy atom. The van der Waals surface area contributed by atoms with Crippen LogP contribution in [0.25, 0.3) is 0 Å². The average Bonchev–Trinajstić information content (AvgIpc) is 2.17. The number of hydrogen-bond donors (Lipinski definition) is 1. The van der Waals surface area contributed by atoms with E-state index in [1.165, 1.54) is 0 Å². The maximum atomic E-state index is 10.7. The first-order valence-electron chi connectivity index (χ1n) is 4.88. The molecule has 1 fully saturated rings. The molecule has 1 heterocycles. The van der Waals surface area contributed by atoms with Gasteiger partial charge in [-0.2, -0.15) is 0 Å². The summed E-state index contributed by atoms with van der Waals surface area (Å²) in [6.07, 6.45) is 0.172. The first-order chi connectivity index (χ1) is 7.66. The van der Waals surface area contributed by atoms with Gasteiger partial charge < -0.3 is 14.6 Å². The van der Waals surface area contributed by atoms with Crippen molar-refractivity contribution in [1.82, 2.24) is 0 Å². The van der Waals surface area contributed by atoms with Crippen LogP contribution in [-0.2, 0) is 16.1 Å². The Morgan fingerprint density at radius 3 is 2.81 bits per heavy atom. The molecule has 0 atom stereocenters. The van der Waals surface area contributed by atoms with E-state index in [1.54, 1.807) is 18.2 Å². The molecule has 0 bridgehead atoms. The second-order valence-electron chi connectivity index (χ2n) is 3.58. The van der Waals surface area contributed by atoms with Crippen LogP contribution in [0.15, 0.2) is 22.7 Å². The second kappa shape index (κ2) is 4.95. The largest absolute Gasteiger partial charge is 0.478 e. The van der Waals surface area contributed by atoms with Gasteiger partial charge in [0.25, 0.3) is 0 Å². The maximum Gasteiger partial charge on any atom is 0.335 e. The third-order valence-electron chi connectivity index (χ3n) is 2.38. The van der Waals surface area contributed by atoms with E-state index in [1.807, 2.05) is 0 Å². The SMILES string of the molecule is O=C(O)c1ccc(COC2COC2)c(Br)c1. The first-order valence-corrected chi connectivity index (χ1v) is 5.67. The van der Waals surface area contributed by atoms with E-state index in [-0.39, 0.29) is 11.7 Å². The highest BCUT2D eigenvalue weighted by Gasteiger charge is 2.19. The highest BCUT2D eigenvalue weighted by atomic mass is 79.9. The third kappa shape index (κ3) is 2.61. The number of aromatic carboxylic acids is 1. The van der Waals surface area contributed by atoms with Crippen LogP contribution in [0.1, 0.15) is 15.9 Å². The van der Waals surface area contributed by atoms with E-state index in [9.17, 15) is 4.79 Å². The van der Waals surface area contributed by atoms with Gasteiger partial charge in [0.2, 0.25) is 0 Å². The fraction of sp³-hybridized carbons (Fsp3) is 0.364. The van der Waals surface area contributed by atoms with Gasteiger partial charge in [0.15, 0.2) is 0 Å². The predicted octanol–water partition coefficient (Wildman–Crippen LogP) is 2.06. The summed E-state index contributed by atoms with van der Waals surface area (Å²) in [5.41, 5.74) is 1.21. The smallest absolute Gasteiger partial charge is 0.335 e. The van der Waals surface area contributed by atoms with Crippen molar-refractivity contribution < 1.29 is 19.4 Å². The number of carboxylic acids is 1. The predicted molar refractivity (Wildman–Crippen MR) is 60.5 cm³/mol. The van der Waals surface area contributed by atoms with E-state index in [2.05, 4.69) is 15.9 Å². The van der Waals surface area contributed by atoms with Crippen molar-refractivity contribution in [3.8, 4) is 0 Å². The average molecular weight is 287 g/mol. The molecule has 0 amide bonds. The Labute approximate surface area is 101 Å². The maximum absolute atomic E-state index is 10.7. The third-order valence-corrected chi connectivity index (χ3v) is 3.12. The van der Waals surface area contributed by atoms with Gasteiger partial charge in [-0.15, -0.1) is 0 Å². The molecular formula is C11H11BrO4. The van der Waals surface area contributed by atoms with Gasteiger partial charge >= 0.3 is 5.97 Å². The Hall–Kier alpha value is -0.910. The molecule has 1 saturated heterocycles. The monoisotopic (exact) mass is 286 g/mol. The molecule has 0 unspecified atom stereocenters. The summed E-state index contributed by atoms with van der Waals surface area (Å²) in [6, 6.07) is 4.91. The molecule has 16 heavy (non-hydrogen) atoms. The van der Waals surface area contributed by atoms with Crippen LogP contribution in [0, 0.1) is 0 Å². The fourth-order valence-corrected chi connectivity index (χ4v) is 1.81. The number of rotatable bonds is 4. The quantitative estimate of drug-likeness (QED) is 0.921. The molecule has 1 aliphatic rings. The summed E-state index contributed by atoms with van der Waals surface area (Å²) in [7, 11) is 0. The Balaban J connectivity index is 2.00. The van der Waals surface area contributed by atoms with Crippen molar-refractivity contribution >= 4 is 21.9 Å². The van der Waals surface area contributed by atoms with Gasteiger partial charge in [0.05, 0.1) is 25.4 Å². The first kappa shape index (κ1) is 11.6. The van der Waals surface area contributed by atoms with E-state index in [4.69, 9.17) is 14.6 Å². The minimum atomic E-state index is -0.930. The normalized spacial score (nSPS) is 15.8. The summed E-state index contributed by atoms with van der Waals surface area (Å²) in [5, 5.41) is 8.80. The summed E-state index contributed by atoms with van der Waals surface area (Å²) >= 11 is 3.33. The molecule has 2 rings (SSSR count). The van der Waals surface area contributed by atoms with Crippen molar-refractivity contribution in [3.63, 3.8) is 0 Å². The highest BCUT2D eigenvalue weighted by Crippen LogP contribution is 2.21. The molecule has 5 heteroatoms. The summed E-state index contributed by atoms with van der Waals surface area (Å²) < 4.78 is 11.3. The van der Waals surface area contributed by atoms with Crippen LogP contribution in [-0.4, -0.2) is 30.4 Å². The fourth-order valence-electron chi connectivity index (χ4n) is 1.32. The molecule has 0 spiro atoms. The molecule has 0 aromatic heterocycles. The molecule has 86 valence electrons. The molecule has 0 radical (unpaired) electrons. The van der Waals surface area contributed by atoms with Gasteiger partial charge in [-0.1, -0.05) is 22.0 Å². The van der Waals surface area contributed by atoms with Crippen LogP contribution in [0.2, 0.25) is 0 Å². The number of hydrogen-bond acceptors (Lipinski definition) is 3. The zero-order chi connectivity index (χ0) is 11.5. The van der Waals surface area contributed by atoms with Crippen molar-refractivity contribution in [3.05, 3.63) is 33.8 Å². The standard InChI is InChI=1S/C11H11BrO4/c12-10-3-7(11(13)14)1-2-8(10)4-16-9-5-15-6-9/h1-3,9H,4-6H2,(H,13,14). The Bertz CT molecular complexity index is 401. The zero-order valence-electron chi connectivity index (χ0n) is 8.48. The van der Waals surface area contributed by atoms with E-state index >= 15 is 0 Å². The molecule has 1 aromatic rings. The lowest BCUT2D eigenvalue weighted by atomic mass is 10.1. The van der Waals surface area contributed by atoms with Crippen LogP contribution in [0.3, 0.4) is 0 Å². The number of benzene rings is 1. The van der Waals surface area contributed by atoms with Crippen LogP contribution >= 0.6 is 15.9 Å². The van der Waals surface area contributed by atoms with Crippen molar-refractivity contribution in [2.45, 2.75) is 12.7 Å². The van der Waals surface area contributed by atoms with Crippen molar-refractivity contribution in [2.24, 2.45) is 0 Å². The van der Waals surface area contributed by atoms with Crippen molar-refractivity contribution in [1.29, 1.82) is 0 Å².